The number of nitrogens with one attached hydrogen (secondary N) is 2. The molecule has 27 heavy (non-hydrogen) atoms. The highest BCUT2D eigenvalue weighted by Gasteiger charge is 2.10. The number of rotatable bonds is 5. The summed E-state index contributed by atoms with van der Waals surface area (Å²) in [4.78, 5) is 25.3. The van der Waals surface area contributed by atoms with Gasteiger partial charge in [0.1, 0.15) is 5.75 Å². The lowest BCUT2D eigenvalue weighted by Crippen LogP contribution is -2.34. The molecule has 2 amide bonds. The van der Waals surface area contributed by atoms with Crippen LogP contribution in [-0.4, -0.2) is 30.1 Å². The van der Waals surface area contributed by atoms with E-state index in [1.807, 2.05) is 19.9 Å². The number of benzene rings is 2. The molecule has 0 saturated heterocycles. The number of thiocarbonyl (C=S) groups is 1. The minimum Gasteiger partial charge on any atom is -0.491 e. The van der Waals surface area contributed by atoms with E-state index in [4.69, 9.17) is 17.0 Å². The van der Waals surface area contributed by atoms with Gasteiger partial charge in [-0.2, -0.15) is 0 Å². The molecule has 0 fully saturated rings. The number of anilines is 2. The molecule has 0 atom stereocenters. The summed E-state index contributed by atoms with van der Waals surface area (Å²) in [6.45, 7) is 5.37. The van der Waals surface area contributed by atoms with E-state index in [1.54, 1.807) is 49.5 Å². The second-order valence-corrected chi connectivity index (χ2v) is 6.64. The quantitative estimate of drug-likeness (QED) is 0.770. The molecular formula is C20H23N3O3S. The number of hydrogen-bond donors (Lipinski definition) is 2. The Morgan fingerprint density at radius 2 is 1.78 bits per heavy atom. The van der Waals surface area contributed by atoms with Gasteiger partial charge in [0.2, 0.25) is 5.91 Å². The minimum absolute atomic E-state index is 0.0688. The first-order valence-electron chi connectivity index (χ1n) is 8.49. The zero-order valence-electron chi connectivity index (χ0n) is 15.8. The van der Waals surface area contributed by atoms with E-state index in [9.17, 15) is 9.59 Å². The Morgan fingerprint density at radius 3 is 2.37 bits per heavy atom. The average molecular weight is 385 g/mol. The molecule has 0 unspecified atom stereocenters. The maximum atomic E-state index is 12.3. The molecule has 0 bridgehead atoms. The molecule has 0 aliphatic heterocycles. The van der Waals surface area contributed by atoms with E-state index in [1.165, 1.54) is 11.8 Å². The first-order chi connectivity index (χ1) is 12.8. The maximum Gasteiger partial charge on any atom is 0.257 e. The maximum absolute atomic E-state index is 12.3. The van der Waals surface area contributed by atoms with Gasteiger partial charge < -0.3 is 15.0 Å². The van der Waals surface area contributed by atoms with Gasteiger partial charge in [0.15, 0.2) is 5.11 Å². The molecule has 0 heterocycles. The molecule has 7 heteroatoms. The van der Waals surface area contributed by atoms with Crippen molar-refractivity contribution >= 4 is 40.5 Å². The summed E-state index contributed by atoms with van der Waals surface area (Å²) in [5, 5.41) is 5.76. The van der Waals surface area contributed by atoms with Crippen LogP contribution in [0.1, 0.15) is 31.1 Å². The first-order valence-corrected chi connectivity index (χ1v) is 8.90. The summed E-state index contributed by atoms with van der Waals surface area (Å²) >= 11 is 5.21. The van der Waals surface area contributed by atoms with E-state index in [0.29, 0.717) is 17.0 Å². The van der Waals surface area contributed by atoms with Crippen LogP contribution in [0.2, 0.25) is 0 Å². The largest absolute Gasteiger partial charge is 0.491 e. The fraction of sp³-hybridized carbons (Fsp3) is 0.250. The Balaban J connectivity index is 1.98. The molecule has 0 aliphatic rings. The molecule has 0 spiro atoms. The van der Waals surface area contributed by atoms with Gasteiger partial charge in [0.25, 0.3) is 5.91 Å². The van der Waals surface area contributed by atoms with Gasteiger partial charge in [-0.05, 0) is 68.5 Å². The van der Waals surface area contributed by atoms with Crippen LogP contribution >= 0.6 is 12.2 Å². The lowest BCUT2D eigenvalue weighted by Gasteiger charge is -2.16. The van der Waals surface area contributed by atoms with Crippen LogP contribution in [-0.2, 0) is 4.79 Å². The van der Waals surface area contributed by atoms with Crippen molar-refractivity contribution in [2.75, 3.05) is 17.3 Å². The third-order valence-electron chi connectivity index (χ3n) is 3.68. The number of ether oxygens (including phenoxy) is 1. The first kappa shape index (κ1) is 20.4. The van der Waals surface area contributed by atoms with Gasteiger partial charge in [0, 0.05) is 30.9 Å². The number of amides is 2. The van der Waals surface area contributed by atoms with E-state index >= 15 is 0 Å². The van der Waals surface area contributed by atoms with Crippen LogP contribution in [0.4, 0.5) is 11.4 Å². The standard InChI is InChI=1S/C20H23N3O3S/c1-13(2)26-18-10-8-15(9-11-18)19(25)22-20(27)21-16-6-5-7-17(12-16)23(4)14(3)24/h5-13H,1-4H3,(H2,21,22,25,27). The van der Waals surface area contributed by atoms with Gasteiger partial charge >= 0.3 is 0 Å². The van der Waals surface area contributed by atoms with Crippen LogP contribution < -0.4 is 20.3 Å². The van der Waals surface area contributed by atoms with Crippen molar-refractivity contribution in [2.24, 2.45) is 0 Å². The molecule has 0 radical (unpaired) electrons. The third-order valence-corrected chi connectivity index (χ3v) is 3.88. The predicted octanol–water partition coefficient (Wildman–Crippen LogP) is 3.58. The van der Waals surface area contributed by atoms with Crippen molar-refractivity contribution in [1.29, 1.82) is 0 Å². The van der Waals surface area contributed by atoms with Gasteiger partial charge in [0.05, 0.1) is 6.10 Å². The van der Waals surface area contributed by atoms with Crippen molar-refractivity contribution in [3.63, 3.8) is 0 Å². The van der Waals surface area contributed by atoms with Crippen molar-refractivity contribution in [3.8, 4) is 5.75 Å². The van der Waals surface area contributed by atoms with Crippen LogP contribution in [0.5, 0.6) is 5.75 Å². The Hall–Kier alpha value is -2.93. The Bertz CT molecular complexity index is 835. The smallest absolute Gasteiger partial charge is 0.257 e. The summed E-state index contributed by atoms with van der Waals surface area (Å²) in [6.07, 6.45) is 0.0688. The van der Waals surface area contributed by atoms with E-state index in [-0.39, 0.29) is 23.0 Å². The average Bonchev–Trinajstić information content (AvgIpc) is 2.61. The van der Waals surface area contributed by atoms with Crippen molar-refractivity contribution in [3.05, 3.63) is 54.1 Å². The number of hydrogen-bond acceptors (Lipinski definition) is 4. The number of carbonyl (C=O) groups excluding carboxylic acids is 2. The molecule has 2 aromatic carbocycles. The molecule has 0 aliphatic carbocycles. The lowest BCUT2D eigenvalue weighted by molar-refractivity contribution is -0.116. The number of carbonyl (C=O) groups is 2. The molecule has 0 aromatic heterocycles. The summed E-state index contributed by atoms with van der Waals surface area (Å²) in [7, 11) is 1.69. The molecule has 2 rings (SSSR count). The zero-order valence-corrected chi connectivity index (χ0v) is 16.6. The summed E-state index contributed by atoms with van der Waals surface area (Å²) < 4.78 is 5.56. The van der Waals surface area contributed by atoms with Crippen LogP contribution in [0.15, 0.2) is 48.5 Å². The van der Waals surface area contributed by atoms with Gasteiger partial charge in [-0.15, -0.1) is 0 Å². The summed E-state index contributed by atoms with van der Waals surface area (Å²) in [6, 6.07) is 14.0. The normalized spacial score (nSPS) is 10.3. The van der Waals surface area contributed by atoms with Crippen LogP contribution in [0.25, 0.3) is 0 Å². The topological polar surface area (TPSA) is 70.7 Å². The van der Waals surface area contributed by atoms with E-state index in [0.717, 1.165) is 5.69 Å². The van der Waals surface area contributed by atoms with E-state index < -0.39 is 0 Å². The second-order valence-electron chi connectivity index (χ2n) is 6.23. The fourth-order valence-corrected chi connectivity index (χ4v) is 2.48. The highest BCUT2D eigenvalue weighted by molar-refractivity contribution is 7.80. The molecule has 142 valence electrons. The molecule has 0 saturated carbocycles. The summed E-state index contributed by atoms with van der Waals surface area (Å²) in [5.74, 6) is 0.308. The van der Waals surface area contributed by atoms with Crippen LogP contribution in [0, 0.1) is 0 Å². The highest BCUT2D eigenvalue weighted by Crippen LogP contribution is 2.18. The predicted molar refractivity (Wildman–Crippen MR) is 111 cm³/mol. The van der Waals surface area contributed by atoms with Gasteiger partial charge in [-0.3, -0.25) is 14.9 Å². The third kappa shape index (κ3) is 6.07. The molecule has 2 aromatic rings. The number of nitrogens with zero attached hydrogens (tertiary/aromatic N) is 1. The fourth-order valence-electron chi connectivity index (χ4n) is 2.27. The lowest BCUT2D eigenvalue weighted by atomic mass is 10.2. The molecule has 6 nitrogen and oxygen atoms in total. The second kappa shape index (κ2) is 9.14. The SMILES string of the molecule is CC(=O)N(C)c1cccc(NC(=S)NC(=O)c2ccc(OC(C)C)cc2)c1. The highest BCUT2D eigenvalue weighted by atomic mass is 32.1. The van der Waals surface area contributed by atoms with Crippen molar-refractivity contribution < 1.29 is 14.3 Å². The minimum atomic E-state index is -0.319. The Kier molecular flexibility index (Phi) is 6.90. The Morgan fingerprint density at radius 1 is 1.11 bits per heavy atom. The van der Waals surface area contributed by atoms with Gasteiger partial charge in [-0.1, -0.05) is 6.07 Å². The summed E-state index contributed by atoms with van der Waals surface area (Å²) in [5.41, 5.74) is 1.87. The monoisotopic (exact) mass is 385 g/mol. The van der Waals surface area contributed by atoms with Gasteiger partial charge in [-0.25, -0.2) is 0 Å². The zero-order chi connectivity index (χ0) is 20.0. The Labute approximate surface area is 164 Å². The molecular weight excluding hydrogens is 362 g/mol. The van der Waals surface area contributed by atoms with Crippen molar-refractivity contribution in [2.45, 2.75) is 26.9 Å². The molecule has 2 N–H and O–H groups in total. The van der Waals surface area contributed by atoms with E-state index in [2.05, 4.69) is 10.6 Å². The van der Waals surface area contributed by atoms with Crippen LogP contribution in [0.3, 0.4) is 0 Å². The van der Waals surface area contributed by atoms with Crippen molar-refractivity contribution in [1.82, 2.24) is 5.32 Å².